The largest absolute Gasteiger partial charge is 0.510 e. The number of aliphatic hydroxyl groups is 3. The maximum atomic E-state index is 15.3. The molecule has 0 fully saturated rings. The molecular weight excluding hydrogens is 527 g/mol. The van der Waals surface area contributed by atoms with Gasteiger partial charge in [0, 0.05) is 23.1 Å². The van der Waals surface area contributed by atoms with Crippen molar-refractivity contribution in [3.05, 3.63) is 45.7 Å². The number of anilines is 1. The molecule has 3 aliphatic carbocycles. The third kappa shape index (κ3) is 4.43. The Morgan fingerprint density at radius 2 is 1.88 bits per heavy atom. The van der Waals surface area contributed by atoms with Crippen LogP contribution in [0.2, 0.25) is 0 Å². The molecule has 12 nitrogen and oxygen atoms in total. The van der Waals surface area contributed by atoms with Crippen molar-refractivity contribution in [3.8, 4) is 5.75 Å². The number of halogens is 1. The number of allylic oxidation sites excluding steroid dienone is 1. The van der Waals surface area contributed by atoms with Crippen LogP contribution in [0.1, 0.15) is 36.2 Å². The quantitative estimate of drug-likeness (QED) is 0.181. The Balaban J connectivity index is 1.80. The molecule has 0 heterocycles. The number of ketones is 2. The number of carbonyl (C=O) groups is 4. The van der Waals surface area contributed by atoms with E-state index in [0.29, 0.717) is 6.54 Å². The van der Waals surface area contributed by atoms with E-state index in [4.69, 9.17) is 5.73 Å². The van der Waals surface area contributed by atoms with Crippen LogP contribution in [0.15, 0.2) is 28.7 Å². The number of amides is 2. The summed E-state index contributed by atoms with van der Waals surface area (Å²) in [5, 5.41) is 49.8. The fourth-order valence-corrected chi connectivity index (χ4v) is 6.04. The molecule has 2 amide bonds. The summed E-state index contributed by atoms with van der Waals surface area (Å²) in [6.45, 7) is 4.28. The lowest BCUT2D eigenvalue weighted by Gasteiger charge is -2.50. The molecule has 8 N–H and O–H groups in total. The summed E-state index contributed by atoms with van der Waals surface area (Å²) in [5.74, 6) is -9.55. The molecule has 3 aliphatic rings. The van der Waals surface area contributed by atoms with E-state index < -0.39 is 86.7 Å². The number of carbonyl (C=O) groups excluding carboxylic acids is 4. The van der Waals surface area contributed by atoms with Gasteiger partial charge < -0.3 is 36.8 Å². The molecule has 40 heavy (non-hydrogen) atoms. The first kappa shape index (κ1) is 29.2. The lowest BCUT2D eigenvalue weighted by Crippen LogP contribution is -2.63. The minimum Gasteiger partial charge on any atom is -0.510 e. The average Bonchev–Trinajstić information content (AvgIpc) is 2.83. The van der Waals surface area contributed by atoms with E-state index in [1.165, 1.54) is 19.0 Å². The van der Waals surface area contributed by atoms with Gasteiger partial charge in [-0.1, -0.05) is 13.8 Å². The van der Waals surface area contributed by atoms with Gasteiger partial charge >= 0.3 is 0 Å². The highest BCUT2D eigenvalue weighted by Gasteiger charge is 2.63. The predicted octanol–water partition coefficient (Wildman–Crippen LogP) is 0.444. The summed E-state index contributed by atoms with van der Waals surface area (Å²) >= 11 is 0. The summed E-state index contributed by atoms with van der Waals surface area (Å²) in [4.78, 5) is 52.8. The van der Waals surface area contributed by atoms with E-state index in [-0.39, 0.29) is 36.6 Å². The SMILES string of the molecule is CC(C)CNCC(=O)Nc1cc(F)c2c(c1O)C(=O)C1=C(O)[C@]3(O)C(=O)C(C(N)=O)=C(O)[C@@H](N(C)C)[C@@H]3C[C@@H]1C2. The average molecular weight is 561 g/mol. The second kappa shape index (κ2) is 10.3. The molecule has 0 aromatic heterocycles. The van der Waals surface area contributed by atoms with Crippen molar-refractivity contribution >= 4 is 29.1 Å². The molecule has 0 spiro atoms. The van der Waals surface area contributed by atoms with Crippen LogP contribution in [-0.2, 0) is 20.8 Å². The van der Waals surface area contributed by atoms with Gasteiger partial charge in [0.15, 0.2) is 17.1 Å². The van der Waals surface area contributed by atoms with Gasteiger partial charge in [-0.25, -0.2) is 4.39 Å². The second-order valence-corrected chi connectivity index (χ2v) is 11.1. The third-order valence-corrected chi connectivity index (χ3v) is 7.78. The number of hydrogen-bond acceptors (Lipinski definition) is 10. The van der Waals surface area contributed by atoms with Gasteiger partial charge in [0.2, 0.25) is 11.7 Å². The molecule has 0 bridgehead atoms. The van der Waals surface area contributed by atoms with E-state index in [1.807, 2.05) is 13.8 Å². The summed E-state index contributed by atoms with van der Waals surface area (Å²) in [5.41, 5.74) is 0.129. The molecule has 0 unspecified atom stereocenters. The number of nitrogens with two attached hydrogens (primary N) is 1. The first-order valence-corrected chi connectivity index (χ1v) is 12.8. The number of fused-ring (bicyclic) bond motifs is 3. The highest BCUT2D eigenvalue weighted by Crippen LogP contribution is 2.53. The number of aliphatic hydroxyl groups excluding tert-OH is 2. The van der Waals surface area contributed by atoms with Crippen molar-refractivity contribution < 1.29 is 44.0 Å². The minimum absolute atomic E-state index is 0.135. The van der Waals surface area contributed by atoms with Crippen LogP contribution < -0.4 is 16.4 Å². The Hall–Kier alpha value is -3.81. The number of aromatic hydroxyl groups is 1. The maximum Gasteiger partial charge on any atom is 0.255 e. The summed E-state index contributed by atoms with van der Waals surface area (Å²) in [7, 11) is 3.03. The fraction of sp³-hybridized carbons (Fsp3) is 0.481. The summed E-state index contributed by atoms with van der Waals surface area (Å²) in [6.07, 6.45) is -0.357. The molecule has 4 rings (SSSR count). The molecule has 13 heteroatoms. The standard InChI is InChI=1S/C27H33FN4O8/c1-10(2)8-30-9-16(33)31-15-7-14(28)12-5-11-6-13-20(32(3)4)23(36)19(26(29)39)25(38)27(13,40)24(37)17(11)22(35)18(12)21(15)34/h7,10-11,13,20,30,34,36-37,40H,5-6,8-9H2,1-4H3,(H2,29,39)(H,31,33)/t11-,13-,20-,27-/m0/s1. The number of primary amides is 1. The zero-order valence-electron chi connectivity index (χ0n) is 22.5. The number of rotatable bonds is 7. The molecule has 1 aromatic carbocycles. The lowest BCUT2D eigenvalue weighted by molar-refractivity contribution is -0.148. The Labute approximate surface area is 229 Å². The van der Waals surface area contributed by atoms with Crippen LogP contribution in [0, 0.1) is 23.6 Å². The van der Waals surface area contributed by atoms with Crippen molar-refractivity contribution in [2.24, 2.45) is 23.5 Å². The van der Waals surface area contributed by atoms with Crippen molar-refractivity contribution in [1.82, 2.24) is 10.2 Å². The highest BCUT2D eigenvalue weighted by molar-refractivity contribution is 6.25. The van der Waals surface area contributed by atoms with Gasteiger partial charge in [-0.2, -0.15) is 0 Å². The number of phenolic OH excluding ortho intramolecular Hbond substituents is 1. The number of Topliss-reactive ketones (excluding diaryl/α,β-unsaturated/α-hetero) is 2. The second-order valence-electron chi connectivity index (χ2n) is 11.1. The van der Waals surface area contributed by atoms with Gasteiger partial charge in [0.1, 0.15) is 22.9 Å². The van der Waals surface area contributed by atoms with Gasteiger partial charge in [-0.3, -0.25) is 24.1 Å². The van der Waals surface area contributed by atoms with Crippen LogP contribution in [-0.4, -0.2) is 87.5 Å². The molecule has 4 atom stereocenters. The molecule has 0 aliphatic heterocycles. The number of benzene rings is 1. The predicted molar refractivity (Wildman–Crippen MR) is 140 cm³/mol. The zero-order valence-corrected chi connectivity index (χ0v) is 22.5. The van der Waals surface area contributed by atoms with Crippen LogP contribution in [0.3, 0.4) is 0 Å². The van der Waals surface area contributed by atoms with E-state index in [0.717, 1.165) is 6.07 Å². The summed E-state index contributed by atoms with van der Waals surface area (Å²) in [6, 6.07) is -0.249. The maximum absolute atomic E-state index is 15.3. The smallest absolute Gasteiger partial charge is 0.255 e. The number of nitrogens with one attached hydrogen (secondary N) is 2. The van der Waals surface area contributed by atoms with Crippen LogP contribution in [0.25, 0.3) is 0 Å². The van der Waals surface area contributed by atoms with Crippen LogP contribution >= 0.6 is 0 Å². The van der Waals surface area contributed by atoms with E-state index in [9.17, 15) is 39.6 Å². The Morgan fingerprint density at radius 1 is 1.23 bits per heavy atom. The molecular formula is C27H33FN4O8. The fourth-order valence-electron chi connectivity index (χ4n) is 6.04. The summed E-state index contributed by atoms with van der Waals surface area (Å²) < 4.78 is 15.3. The highest BCUT2D eigenvalue weighted by atomic mass is 19.1. The zero-order chi connectivity index (χ0) is 29.8. The number of likely N-dealkylation sites (N-methyl/N-ethyl adjacent to an activating group) is 1. The monoisotopic (exact) mass is 560 g/mol. The molecule has 0 radical (unpaired) electrons. The third-order valence-electron chi connectivity index (χ3n) is 7.78. The molecule has 216 valence electrons. The normalized spacial score (nSPS) is 26.1. The molecule has 0 saturated heterocycles. The van der Waals surface area contributed by atoms with Crippen molar-refractivity contribution in [2.45, 2.75) is 38.3 Å². The van der Waals surface area contributed by atoms with Crippen molar-refractivity contribution in [3.63, 3.8) is 0 Å². The topological polar surface area (TPSA) is 203 Å². The van der Waals surface area contributed by atoms with Crippen molar-refractivity contribution in [2.75, 3.05) is 32.5 Å². The Morgan fingerprint density at radius 3 is 2.45 bits per heavy atom. The number of hydrogen-bond donors (Lipinski definition) is 7. The van der Waals surface area contributed by atoms with Gasteiger partial charge in [0.25, 0.3) is 5.91 Å². The molecule has 1 aromatic rings. The molecule has 0 saturated carbocycles. The van der Waals surface area contributed by atoms with E-state index in [2.05, 4.69) is 10.6 Å². The number of phenols is 1. The van der Waals surface area contributed by atoms with Crippen LogP contribution in [0.5, 0.6) is 5.75 Å². The van der Waals surface area contributed by atoms with E-state index in [1.54, 1.807) is 0 Å². The van der Waals surface area contributed by atoms with Crippen LogP contribution in [0.4, 0.5) is 10.1 Å². The Kier molecular flexibility index (Phi) is 7.52. The minimum atomic E-state index is -2.80. The van der Waals surface area contributed by atoms with Crippen molar-refractivity contribution in [1.29, 1.82) is 0 Å². The lowest BCUT2D eigenvalue weighted by atomic mass is 9.58. The van der Waals surface area contributed by atoms with Gasteiger partial charge in [0.05, 0.1) is 23.8 Å². The van der Waals surface area contributed by atoms with Gasteiger partial charge in [-0.05, 0) is 45.3 Å². The first-order valence-electron chi connectivity index (χ1n) is 12.8. The Bertz CT molecular complexity index is 1380. The van der Waals surface area contributed by atoms with Gasteiger partial charge in [-0.15, -0.1) is 0 Å². The number of nitrogens with zero attached hydrogens (tertiary/aromatic N) is 1. The van der Waals surface area contributed by atoms with E-state index >= 15 is 4.39 Å². The first-order chi connectivity index (χ1) is 18.6.